The summed E-state index contributed by atoms with van der Waals surface area (Å²) in [6.07, 6.45) is 0. The lowest BCUT2D eigenvalue weighted by molar-refractivity contribution is 0.102. The minimum atomic E-state index is -0.309. The van der Waals surface area contributed by atoms with Crippen molar-refractivity contribution < 1.29 is 4.79 Å². The number of carbonyl (C=O) groups is 1. The average molecular weight is 386 g/mol. The Labute approximate surface area is 126 Å². The zero-order chi connectivity index (χ0) is 13.8. The summed E-state index contributed by atoms with van der Waals surface area (Å²) >= 11 is 6.72. The number of nitrogen functional groups attached to an aromatic ring is 1. The number of halogens is 2. The molecular formula is C12H10Br2N4O. The van der Waals surface area contributed by atoms with E-state index >= 15 is 0 Å². The van der Waals surface area contributed by atoms with E-state index in [1.54, 1.807) is 24.3 Å². The monoisotopic (exact) mass is 384 g/mol. The molecule has 0 atom stereocenters. The van der Waals surface area contributed by atoms with E-state index in [0.29, 0.717) is 11.5 Å². The van der Waals surface area contributed by atoms with Gasteiger partial charge in [-0.2, -0.15) is 0 Å². The molecule has 0 saturated carbocycles. The first-order valence-corrected chi connectivity index (χ1v) is 6.89. The van der Waals surface area contributed by atoms with Crippen molar-refractivity contribution in [2.75, 3.05) is 10.7 Å². The second kappa shape index (κ2) is 6.14. The van der Waals surface area contributed by atoms with Gasteiger partial charge in [0.1, 0.15) is 11.5 Å². The number of amides is 1. The maximum Gasteiger partial charge on any atom is 0.274 e. The van der Waals surface area contributed by atoms with E-state index in [-0.39, 0.29) is 11.6 Å². The third-order valence-electron chi connectivity index (χ3n) is 2.31. The van der Waals surface area contributed by atoms with Crippen molar-refractivity contribution in [2.24, 2.45) is 5.84 Å². The summed E-state index contributed by atoms with van der Waals surface area (Å²) in [6.45, 7) is 0. The summed E-state index contributed by atoms with van der Waals surface area (Å²) in [5.74, 6) is 5.38. The zero-order valence-corrected chi connectivity index (χ0v) is 12.8. The van der Waals surface area contributed by atoms with Gasteiger partial charge in [-0.1, -0.05) is 22.0 Å². The lowest BCUT2D eigenvalue weighted by Gasteiger charge is -2.08. The van der Waals surface area contributed by atoms with E-state index in [1.807, 2.05) is 12.1 Å². The summed E-state index contributed by atoms with van der Waals surface area (Å²) in [5.41, 5.74) is 3.34. The predicted octanol–water partition coefficient (Wildman–Crippen LogP) is 3.14. The van der Waals surface area contributed by atoms with Gasteiger partial charge in [-0.25, -0.2) is 10.8 Å². The van der Waals surface area contributed by atoms with E-state index in [4.69, 9.17) is 5.84 Å². The minimum absolute atomic E-state index is 0.280. The maximum absolute atomic E-state index is 12.1. The lowest BCUT2D eigenvalue weighted by atomic mass is 10.3. The molecule has 1 aromatic carbocycles. The molecule has 1 heterocycles. The topological polar surface area (TPSA) is 80.0 Å². The van der Waals surface area contributed by atoms with Crippen LogP contribution in [0.15, 0.2) is 45.3 Å². The highest BCUT2D eigenvalue weighted by molar-refractivity contribution is 9.11. The number of nitrogens with two attached hydrogens (primary N) is 1. The highest BCUT2D eigenvalue weighted by Gasteiger charge is 2.10. The molecular weight excluding hydrogens is 376 g/mol. The first-order valence-electron chi connectivity index (χ1n) is 5.30. The molecule has 1 amide bonds. The molecule has 0 radical (unpaired) electrons. The Morgan fingerprint density at radius 2 is 2.00 bits per heavy atom. The molecule has 19 heavy (non-hydrogen) atoms. The van der Waals surface area contributed by atoms with E-state index in [2.05, 4.69) is 47.6 Å². The van der Waals surface area contributed by atoms with E-state index in [1.165, 1.54) is 0 Å². The van der Waals surface area contributed by atoms with Crippen molar-refractivity contribution in [1.82, 2.24) is 4.98 Å². The van der Waals surface area contributed by atoms with Crippen molar-refractivity contribution in [2.45, 2.75) is 0 Å². The third-order valence-corrected chi connectivity index (χ3v) is 3.49. The molecule has 5 nitrogen and oxygen atoms in total. The van der Waals surface area contributed by atoms with Gasteiger partial charge in [-0.05, 0) is 46.3 Å². The zero-order valence-electron chi connectivity index (χ0n) is 9.65. The number of hydrogen-bond acceptors (Lipinski definition) is 4. The van der Waals surface area contributed by atoms with Crippen molar-refractivity contribution in [3.63, 3.8) is 0 Å². The number of carbonyl (C=O) groups excluding carboxylic acids is 1. The molecule has 2 aromatic rings. The van der Waals surface area contributed by atoms with Crippen LogP contribution in [0.2, 0.25) is 0 Å². The van der Waals surface area contributed by atoms with Crippen LogP contribution in [0.3, 0.4) is 0 Å². The van der Waals surface area contributed by atoms with Gasteiger partial charge >= 0.3 is 0 Å². The van der Waals surface area contributed by atoms with Crippen LogP contribution in [0.5, 0.6) is 0 Å². The maximum atomic E-state index is 12.1. The number of nitrogens with zero attached hydrogens (tertiary/aromatic N) is 1. The molecule has 0 unspecified atom stereocenters. The Morgan fingerprint density at radius 3 is 2.74 bits per heavy atom. The number of rotatable bonds is 3. The van der Waals surface area contributed by atoms with E-state index in [9.17, 15) is 4.79 Å². The first-order chi connectivity index (χ1) is 9.10. The largest absolute Gasteiger partial charge is 0.320 e. The summed E-state index contributed by atoms with van der Waals surface area (Å²) in [5, 5.41) is 2.77. The Bertz CT molecular complexity index is 618. The Morgan fingerprint density at radius 1 is 1.21 bits per heavy atom. The second-order valence-corrected chi connectivity index (χ2v) is 5.40. The fraction of sp³-hybridized carbons (Fsp3) is 0. The van der Waals surface area contributed by atoms with Crippen molar-refractivity contribution >= 4 is 49.3 Å². The minimum Gasteiger partial charge on any atom is -0.320 e. The number of hydrogen-bond donors (Lipinski definition) is 3. The van der Waals surface area contributed by atoms with E-state index in [0.717, 1.165) is 8.95 Å². The summed E-state index contributed by atoms with van der Waals surface area (Å²) < 4.78 is 1.66. The number of anilines is 2. The molecule has 2 rings (SSSR count). The third kappa shape index (κ3) is 3.52. The van der Waals surface area contributed by atoms with Gasteiger partial charge in [0.25, 0.3) is 5.91 Å². The molecule has 98 valence electrons. The van der Waals surface area contributed by atoms with Gasteiger partial charge in [0.2, 0.25) is 0 Å². The molecule has 0 aliphatic heterocycles. The first kappa shape index (κ1) is 14.0. The van der Waals surface area contributed by atoms with Crippen LogP contribution in [0.25, 0.3) is 0 Å². The van der Waals surface area contributed by atoms with Crippen molar-refractivity contribution in [1.29, 1.82) is 0 Å². The van der Waals surface area contributed by atoms with Crippen molar-refractivity contribution in [3.05, 3.63) is 51.0 Å². The van der Waals surface area contributed by atoms with Gasteiger partial charge in [0.05, 0.1) is 5.69 Å². The van der Waals surface area contributed by atoms with E-state index < -0.39 is 0 Å². The number of nitrogens with one attached hydrogen (secondary N) is 2. The summed E-state index contributed by atoms with van der Waals surface area (Å²) in [6, 6.07) is 10.5. The molecule has 0 aliphatic carbocycles. The summed E-state index contributed by atoms with van der Waals surface area (Å²) in [4.78, 5) is 16.1. The highest BCUT2D eigenvalue weighted by Crippen LogP contribution is 2.26. The van der Waals surface area contributed by atoms with Crippen LogP contribution in [0.1, 0.15) is 10.5 Å². The van der Waals surface area contributed by atoms with Crippen LogP contribution < -0.4 is 16.6 Å². The van der Waals surface area contributed by atoms with Crippen LogP contribution in [-0.4, -0.2) is 10.9 Å². The fourth-order valence-corrected chi connectivity index (χ4v) is 2.13. The Balaban J connectivity index is 2.22. The quantitative estimate of drug-likeness (QED) is 0.560. The standard InChI is InChI=1S/C12H10Br2N4O/c13-7-4-5-8(14)10(6-7)17-12(19)9-2-1-3-11(16-9)18-15/h1-6H,15H2,(H,16,18)(H,17,19). The summed E-state index contributed by atoms with van der Waals surface area (Å²) in [7, 11) is 0. The molecule has 0 spiro atoms. The molecule has 0 bridgehead atoms. The average Bonchev–Trinajstić information content (AvgIpc) is 2.43. The van der Waals surface area contributed by atoms with Crippen LogP contribution in [-0.2, 0) is 0 Å². The van der Waals surface area contributed by atoms with Crippen LogP contribution in [0, 0.1) is 0 Å². The SMILES string of the molecule is NNc1cccc(C(=O)Nc2cc(Br)ccc2Br)n1. The second-order valence-electron chi connectivity index (χ2n) is 3.63. The number of pyridine rings is 1. The number of aromatic nitrogens is 1. The number of benzene rings is 1. The van der Waals surface area contributed by atoms with Gasteiger partial charge in [-0.15, -0.1) is 0 Å². The molecule has 1 aromatic heterocycles. The van der Waals surface area contributed by atoms with Crippen LogP contribution >= 0.6 is 31.9 Å². The van der Waals surface area contributed by atoms with Gasteiger partial charge in [-0.3, -0.25) is 4.79 Å². The highest BCUT2D eigenvalue weighted by atomic mass is 79.9. The Kier molecular flexibility index (Phi) is 4.52. The predicted molar refractivity (Wildman–Crippen MR) is 81.8 cm³/mol. The molecule has 0 fully saturated rings. The smallest absolute Gasteiger partial charge is 0.274 e. The fourth-order valence-electron chi connectivity index (χ4n) is 1.42. The number of hydrazine groups is 1. The molecule has 0 aliphatic rings. The molecule has 0 saturated heterocycles. The van der Waals surface area contributed by atoms with Gasteiger partial charge < -0.3 is 10.7 Å². The normalized spacial score (nSPS) is 10.1. The van der Waals surface area contributed by atoms with Gasteiger partial charge in [0, 0.05) is 8.95 Å². The molecule has 7 heteroatoms. The Hall–Kier alpha value is -1.44. The van der Waals surface area contributed by atoms with Crippen LogP contribution in [0.4, 0.5) is 11.5 Å². The van der Waals surface area contributed by atoms with Crippen molar-refractivity contribution in [3.8, 4) is 0 Å². The van der Waals surface area contributed by atoms with Gasteiger partial charge in [0.15, 0.2) is 0 Å². The molecule has 4 N–H and O–H groups in total. The lowest BCUT2D eigenvalue weighted by Crippen LogP contribution is -2.16.